The highest BCUT2D eigenvalue weighted by molar-refractivity contribution is 5.79. The van der Waals surface area contributed by atoms with Crippen molar-refractivity contribution in [2.45, 2.75) is 31.8 Å². The predicted octanol–water partition coefficient (Wildman–Crippen LogP) is 2.86. The second kappa shape index (κ2) is 4.60. The normalized spacial score (nSPS) is 17.5. The van der Waals surface area contributed by atoms with Crippen LogP contribution in [0.4, 0.5) is 8.78 Å². The number of carbonyl (C=O) groups is 1. The Balaban J connectivity index is 2.03. The molecule has 0 atom stereocenters. The first-order valence-corrected chi connectivity index (χ1v) is 5.28. The van der Waals surface area contributed by atoms with Gasteiger partial charge in [-0.2, -0.15) is 0 Å². The first kappa shape index (κ1) is 11.0. The van der Waals surface area contributed by atoms with Crippen molar-refractivity contribution in [3.8, 4) is 5.75 Å². The zero-order chi connectivity index (χ0) is 11.5. The lowest BCUT2D eigenvalue weighted by molar-refractivity contribution is -0.121. The summed E-state index contributed by atoms with van der Waals surface area (Å²) in [4.78, 5) is 11.0. The standard InChI is InChI=1S/C12H12F2O2/c13-8-1-6-11(14)12(7-8)16-10-4-2-9(15)3-5-10/h1,6-7,10H,2-5H2. The molecule has 1 fully saturated rings. The molecule has 1 aromatic rings. The van der Waals surface area contributed by atoms with Crippen LogP contribution >= 0.6 is 0 Å². The van der Waals surface area contributed by atoms with E-state index in [4.69, 9.17) is 4.74 Å². The van der Waals surface area contributed by atoms with Crippen LogP contribution in [0.2, 0.25) is 0 Å². The minimum Gasteiger partial charge on any atom is -0.487 e. The number of benzene rings is 1. The minimum absolute atomic E-state index is 0.0700. The van der Waals surface area contributed by atoms with Gasteiger partial charge in [-0.1, -0.05) is 0 Å². The molecule has 86 valence electrons. The van der Waals surface area contributed by atoms with Gasteiger partial charge in [-0.15, -0.1) is 0 Å². The van der Waals surface area contributed by atoms with Crippen molar-refractivity contribution in [2.24, 2.45) is 0 Å². The lowest BCUT2D eigenvalue weighted by Gasteiger charge is -2.22. The zero-order valence-corrected chi connectivity index (χ0v) is 8.71. The Hall–Kier alpha value is -1.45. The molecule has 0 saturated heterocycles. The molecule has 2 nitrogen and oxygen atoms in total. The molecule has 1 aromatic carbocycles. The van der Waals surface area contributed by atoms with Gasteiger partial charge < -0.3 is 4.74 Å². The molecule has 1 saturated carbocycles. The van der Waals surface area contributed by atoms with Crippen molar-refractivity contribution in [1.29, 1.82) is 0 Å². The topological polar surface area (TPSA) is 26.3 Å². The van der Waals surface area contributed by atoms with Gasteiger partial charge in [0.05, 0.1) is 6.10 Å². The van der Waals surface area contributed by atoms with Gasteiger partial charge in [-0.05, 0) is 25.0 Å². The number of rotatable bonds is 2. The van der Waals surface area contributed by atoms with Crippen LogP contribution in [0, 0.1) is 11.6 Å². The molecule has 16 heavy (non-hydrogen) atoms. The third-order valence-electron chi connectivity index (χ3n) is 2.68. The molecule has 0 unspecified atom stereocenters. The molecule has 0 radical (unpaired) electrons. The Labute approximate surface area is 92.2 Å². The van der Waals surface area contributed by atoms with Gasteiger partial charge in [0.15, 0.2) is 11.6 Å². The van der Waals surface area contributed by atoms with Crippen LogP contribution in [0.1, 0.15) is 25.7 Å². The molecule has 0 aliphatic heterocycles. The summed E-state index contributed by atoms with van der Waals surface area (Å²) >= 11 is 0. The van der Waals surface area contributed by atoms with E-state index < -0.39 is 11.6 Å². The van der Waals surface area contributed by atoms with Gasteiger partial charge in [-0.3, -0.25) is 4.79 Å². The van der Waals surface area contributed by atoms with E-state index in [1.165, 1.54) is 0 Å². The molecule has 0 spiro atoms. The van der Waals surface area contributed by atoms with Crippen LogP contribution in [-0.4, -0.2) is 11.9 Å². The fourth-order valence-corrected chi connectivity index (χ4v) is 1.78. The molecule has 1 aliphatic rings. The first-order valence-electron chi connectivity index (χ1n) is 5.28. The van der Waals surface area contributed by atoms with Gasteiger partial charge >= 0.3 is 0 Å². The molecule has 1 aliphatic carbocycles. The highest BCUT2D eigenvalue weighted by Gasteiger charge is 2.21. The quantitative estimate of drug-likeness (QED) is 0.775. The third kappa shape index (κ3) is 2.56. The van der Waals surface area contributed by atoms with Crippen LogP contribution in [0.3, 0.4) is 0 Å². The van der Waals surface area contributed by atoms with Crippen LogP contribution in [-0.2, 0) is 4.79 Å². The van der Waals surface area contributed by atoms with E-state index >= 15 is 0 Å². The summed E-state index contributed by atoms with van der Waals surface area (Å²) in [5.74, 6) is -0.958. The van der Waals surface area contributed by atoms with Gasteiger partial charge in [0, 0.05) is 18.9 Å². The average molecular weight is 226 g/mol. The summed E-state index contributed by atoms with van der Waals surface area (Å²) in [6, 6.07) is 3.12. The SMILES string of the molecule is O=C1CCC(Oc2cc(F)ccc2F)CC1. The van der Waals surface area contributed by atoms with Gasteiger partial charge in [0.1, 0.15) is 11.6 Å². The molecule has 0 heterocycles. The molecule has 4 heteroatoms. The van der Waals surface area contributed by atoms with Crippen LogP contribution < -0.4 is 4.74 Å². The summed E-state index contributed by atoms with van der Waals surface area (Å²) in [6.07, 6.45) is 1.89. The van der Waals surface area contributed by atoms with Crippen molar-refractivity contribution in [1.82, 2.24) is 0 Å². The highest BCUT2D eigenvalue weighted by atomic mass is 19.1. The van der Waals surface area contributed by atoms with Gasteiger partial charge in [0.2, 0.25) is 0 Å². The van der Waals surface area contributed by atoms with E-state index in [0.29, 0.717) is 25.7 Å². The summed E-state index contributed by atoms with van der Waals surface area (Å²) in [5, 5.41) is 0. The molecule has 2 rings (SSSR count). The van der Waals surface area contributed by atoms with E-state index in [1.54, 1.807) is 0 Å². The largest absolute Gasteiger partial charge is 0.487 e. The van der Waals surface area contributed by atoms with Crippen LogP contribution in [0.25, 0.3) is 0 Å². The number of Topliss-reactive ketones (excluding diaryl/α,β-unsaturated/α-hetero) is 1. The third-order valence-corrected chi connectivity index (χ3v) is 2.68. The highest BCUT2D eigenvalue weighted by Crippen LogP contribution is 2.24. The van der Waals surface area contributed by atoms with Crippen LogP contribution in [0.15, 0.2) is 18.2 Å². The molecule has 0 aromatic heterocycles. The predicted molar refractivity (Wildman–Crippen MR) is 54.2 cm³/mol. The molecular formula is C12H12F2O2. The lowest BCUT2D eigenvalue weighted by atomic mass is 9.96. The summed E-state index contributed by atoms with van der Waals surface area (Å²) in [6.45, 7) is 0. The molecule has 0 N–H and O–H groups in total. The Morgan fingerprint density at radius 1 is 1.19 bits per heavy atom. The number of carbonyl (C=O) groups excluding carboxylic acids is 1. The first-order chi connectivity index (χ1) is 7.65. The van der Waals surface area contributed by atoms with Crippen molar-refractivity contribution < 1.29 is 18.3 Å². The van der Waals surface area contributed by atoms with Crippen LogP contribution in [0.5, 0.6) is 5.75 Å². The maximum absolute atomic E-state index is 13.2. The van der Waals surface area contributed by atoms with Crippen molar-refractivity contribution in [3.63, 3.8) is 0 Å². The minimum atomic E-state index is -0.571. The van der Waals surface area contributed by atoms with Gasteiger partial charge in [-0.25, -0.2) is 8.78 Å². The van der Waals surface area contributed by atoms with Crippen molar-refractivity contribution in [3.05, 3.63) is 29.8 Å². The van der Waals surface area contributed by atoms with E-state index in [0.717, 1.165) is 18.2 Å². The maximum Gasteiger partial charge on any atom is 0.165 e. The number of hydrogen-bond donors (Lipinski definition) is 0. The number of hydrogen-bond acceptors (Lipinski definition) is 2. The van der Waals surface area contributed by atoms with E-state index in [1.807, 2.05) is 0 Å². The molecule has 0 bridgehead atoms. The van der Waals surface area contributed by atoms with E-state index in [2.05, 4.69) is 0 Å². The summed E-state index contributed by atoms with van der Waals surface area (Å²) in [5.41, 5.74) is 0. The maximum atomic E-state index is 13.2. The molecular weight excluding hydrogens is 214 g/mol. The Morgan fingerprint density at radius 2 is 1.88 bits per heavy atom. The summed E-state index contributed by atoms with van der Waals surface area (Å²) in [7, 11) is 0. The Bertz CT molecular complexity index is 394. The lowest BCUT2D eigenvalue weighted by Crippen LogP contribution is -2.24. The number of ether oxygens (including phenoxy) is 1. The second-order valence-electron chi connectivity index (χ2n) is 3.93. The van der Waals surface area contributed by atoms with Crippen molar-refractivity contribution in [2.75, 3.05) is 0 Å². The fraction of sp³-hybridized carbons (Fsp3) is 0.417. The monoisotopic (exact) mass is 226 g/mol. The summed E-state index contributed by atoms with van der Waals surface area (Å²) < 4.78 is 31.5. The molecule has 0 amide bonds. The Kier molecular flexibility index (Phi) is 3.17. The number of halogens is 2. The Morgan fingerprint density at radius 3 is 2.56 bits per heavy atom. The fourth-order valence-electron chi connectivity index (χ4n) is 1.78. The van der Waals surface area contributed by atoms with Crippen molar-refractivity contribution >= 4 is 5.78 Å². The number of ketones is 1. The zero-order valence-electron chi connectivity index (χ0n) is 8.71. The van der Waals surface area contributed by atoms with Gasteiger partial charge in [0.25, 0.3) is 0 Å². The smallest absolute Gasteiger partial charge is 0.165 e. The average Bonchev–Trinajstić information content (AvgIpc) is 2.27. The van der Waals surface area contributed by atoms with E-state index in [-0.39, 0.29) is 17.6 Å². The second-order valence-corrected chi connectivity index (χ2v) is 3.93. The van der Waals surface area contributed by atoms with E-state index in [9.17, 15) is 13.6 Å².